The summed E-state index contributed by atoms with van der Waals surface area (Å²) in [5, 5.41) is 24.2. The molecule has 1 heterocycles. The summed E-state index contributed by atoms with van der Waals surface area (Å²) in [6.07, 6.45) is 0. The van der Waals surface area contributed by atoms with E-state index < -0.39 is 51.4 Å². The lowest BCUT2D eigenvalue weighted by molar-refractivity contribution is -0.756. The van der Waals surface area contributed by atoms with Crippen LogP contribution in [0.2, 0.25) is 0 Å². The molecule has 0 saturated heterocycles. The maximum atomic E-state index is 12.4. The Hall–Kier alpha value is -3.03. The molecule has 0 spiro atoms. The zero-order chi connectivity index (χ0) is 23.9. The quantitative estimate of drug-likeness (QED) is 0.185. The predicted molar refractivity (Wildman–Crippen MR) is 110 cm³/mol. The number of benzene rings is 1. The first-order chi connectivity index (χ1) is 14.9. The van der Waals surface area contributed by atoms with Gasteiger partial charge in [-0.3, -0.25) is 9.52 Å². The molecule has 0 radical (unpaired) electrons. The van der Waals surface area contributed by atoms with Crippen molar-refractivity contribution in [2.75, 3.05) is 22.8 Å². The van der Waals surface area contributed by atoms with Crippen LogP contribution < -0.4 is 9.44 Å². The number of nitrogens with zero attached hydrogens (tertiary/aromatic N) is 3. The fraction of sp³-hybridized carbons (Fsp3) is 0.231. The van der Waals surface area contributed by atoms with Gasteiger partial charge in [-0.2, -0.15) is 8.42 Å². The number of carbonyl (C=O) groups is 2. The van der Waals surface area contributed by atoms with Crippen LogP contribution in [0.15, 0.2) is 33.5 Å². The molecule has 0 aliphatic carbocycles. The van der Waals surface area contributed by atoms with Gasteiger partial charge in [0.2, 0.25) is 11.0 Å². The number of carboxylic acids is 1. The van der Waals surface area contributed by atoms with Crippen LogP contribution in [-0.2, 0) is 29.7 Å². The number of aromatic nitrogens is 2. The van der Waals surface area contributed by atoms with Crippen LogP contribution in [0.4, 0.5) is 5.13 Å². The van der Waals surface area contributed by atoms with Gasteiger partial charge >= 0.3 is 5.97 Å². The Kier molecular flexibility index (Phi) is 8.30. The fourth-order valence-electron chi connectivity index (χ4n) is 1.89. The molecule has 0 unspecified atom stereocenters. The van der Waals surface area contributed by atoms with Crippen LogP contribution in [0.25, 0.3) is 0 Å². The summed E-state index contributed by atoms with van der Waals surface area (Å²) in [6.45, 7) is -0.285. The lowest BCUT2D eigenvalue weighted by Gasteiger charge is -2.05. The van der Waals surface area contributed by atoms with Crippen molar-refractivity contribution in [3.63, 3.8) is 0 Å². The first-order valence-electron chi connectivity index (χ1n) is 8.01. The van der Waals surface area contributed by atoms with Crippen LogP contribution in [0.3, 0.4) is 0 Å². The molecule has 1 amide bonds. The Morgan fingerprint density at radius 1 is 1.22 bits per heavy atom. The highest BCUT2D eigenvalue weighted by molar-refractivity contribution is 8.00. The SMILES string of the molecule is O=C(CSCCO[N+](=O)[O-])NS(=O)(=O)c1nnc(NS(=O)(=O)c2cccc(C(=O)O)c2)s1. The van der Waals surface area contributed by atoms with Crippen LogP contribution in [0, 0.1) is 10.1 Å². The summed E-state index contributed by atoms with van der Waals surface area (Å²) >= 11 is 1.20. The van der Waals surface area contributed by atoms with Gasteiger partial charge in [-0.05, 0) is 18.2 Å². The maximum absolute atomic E-state index is 12.4. The molecular formula is C13H13N5O10S4. The molecule has 1 aromatic heterocycles. The minimum atomic E-state index is -4.45. The topological polar surface area (TPSA) is 225 Å². The van der Waals surface area contributed by atoms with Gasteiger partial charge in [0.05, 0.1) is 16.2 Å². The molecular weight excluding hydrogens is 514 g/mol. The van der Waals surface area contributed by atoms with Gasteiger partial charge in [-0.1, -0.05) is 17.4 Å². The van der Waals surface area contributed by atoms with Crippen LogP contribution in [0.1, 0.15) is 10.4 Å². The van der Waals surface area contributed by atoms with E-state index in [9.17, 15) is 36.5 Å². The van der Waals surface area contributed by atoms with Crippen molar-refractivity contribution in [1.29, 1.82) is 0 Å². The largest absolute Gasteiger partial charge is 0.478 e. The van der Waals surface area contributed by atoms with Gasteiger partial charge in [0.25, 0.3) is 29.5 Å². The van der Waals surface area contributed by atoms with Gasteiger partial charge < -0.3 is 9.94 Å². The molecule has 1 aromatic carbocycles. The predicted octanol–water partition coefficient (Wildman–Crippen LogP) is -0.217. The molecule has 3 N–H and O–H groups in total. The van der Waals surface area contributed by atoms with Crippen LogP contribution in [-0.4, -0.2) is 67.2 Å². The molecule has 15 nitrogen and oxygen atoms in total. The number of aromatic carboxylic acids is 1. The number of hydrogen-bond donors (Lipinski definition) is 3. The van der Waals surface area contributed by atoms with Gasteiger partial charge in [0, 0.05) is 5.75 Å². The van der Waals surface area contributed by atoms with E-state index in [2.05, 4.69) is 15.0 Å². The molecule has 0 aliphatic rings. The summed E-state index contributed by atoms with van der Waals surface area (Å²) < 4.78 is 52.2. The molecule has 0 atom stereocenters. The summed E-state index contributed by atoms with van der Waals surface area (Å²) in [6, 6.07) is 4.43. The number of rotatable bonds is 12. The minimum Gasteiger partial charge on any atom is -0.478 e. The Morgan fingerprint density at radius 3 is 2.59 bits per heavy atom. The van der Waals surface area contributed by atoms with Crippen molar-refractivity contribution in [1.82, 2.24) is 14.9 Å². The van der Waals surface area contributed by atoms with Gasteiger partial charge in [0.1, 0.15) is 6.61 Å². The number of carbonyl (C=O) groups excluding carboxylic acids is 1. The molecule has 174 valence electrons. The Bertz CT molecular complexity index is 1230. The second-order valence-corrected chi connectivity index (χ2v) is 11.1. The van der Waals surface area contributed by atoms with Crippen molar-refractivity contribution < 1.29 is 41.5 Å². The van der Waals surface area contributed by atoms with E-state index in [1.807, 2.05) is 4.72 Å². The van der Waals surface area contributed by atoms with E-state index in [4.69, 9.17) is 5.11 Å². The van der Waals surface area contributed by atoms with Crippen molar-refractivity contribution in [3.05, 3.63) is 39.9 Å². The standard InChI is InChI=1S/C13H13N5O10S4/c19-10(7-29-5-4-28-18(22)23)16-32(26,27)13-15-14-12(30-13)17-31(24,25)9-3-1-2-8(6-9)11(20)21/h1-3,6H,4-5,7H2,(H,14,17)(H,16,19)(H,20,21). The van der Waals surface area contributed by atoms with E-state index in [-0.39, 0.29) is 23.7 Å². The summed E-state index contributed by atoms with van der Waals surface area (Å²) in [4.78, 5) is 36.4. The van der Waals surface area contributed by atoms with Crippen molar-refractivity contribution in [3.8, 4) is 0 Å². The lowest BCUT2D eigenvalue weighted by Crippen LogP contribution is -2.32. The summed E-state index contributed by atoms with van der Waals surface area (Å²) in [5.74, 6) is -2.58. The highest BCUT2D eigenvalue weighted by Crippen LogP contribution is 2.23. The number of amides is 1. The first-order valence-corrected chi connectivity index (χ1v) is 12.9. The highest BCUT2D eigenvalue weighted by Gasteiger charge is 2.25. The maximum Gasteiger partial charge on any atom is 0.335 e. The zero-order valence-corrected chi connectivity index (χ0v) is 18.8. The smallest absolute Gasteiger partial charge is 0.335 e. The van der Waals surface area contributed by atoms with E-state index in [0.29, 0.717) is 11.3 Å². The Morgan fingerprint density at radius 2 is 1.94 bits per heavy atom. The molecule has 0 saturated carbocycles. The number of anilines is 1. The highest BCUT2D eigenvalue weighted by atomic mass is 32.2. The molecule has 19 heteroatoms. The van der Waals surface area contributed by atoms with E-state index >= 15 is 0 Å². The van der Waals surface area contributed by atoms with E-state index in [1.165, 1.54) is 12.1 Å². The molecule has 2 rings (SSSR count). The summed E-state index contributed by atoms with van der Waals surface area (Å²) in [5.41, 5.74) is -0.279. The molecule has 0 bridgehead atoms. The van der Waals surface area contributed by atoms with Crippen molar-refractivity contribution in [2.24, 2.45) is 0 Å². The third-order valence-corrected chi connectivity index (χ3v) is 8.12. The van der Waals surface area contributed by atoms with Gasteiger partial charge in [-0.25, -0.2) is 17.9 Å². The number of hydrogen-bond acceptors (Lipinski definition) is 13. The first kappa shape index (κ1) is 25.2. The van der Waals surface area contributed by atoms with Crippen molar-refractivity contribution in [2.45, 2.75) is 9.24 Å². The molecule has 0 fully saturated rings. The van der Waals surface area contributed by atoms with E-state index in [0.717, 1.165) is 23.9 Å². The Balaban J connectivity index is 2.01. The van der Waals surface area contributed by atoms with Gasteiger partial charge in [0.15, 0.2) is 0 Å². The monoisotopic (exact) mass is 527 g/mol. The van der Waals surface area contributed by atoms with Crippen molar-refractivity contribution >= 4 is 60.2 Å². The fourth-order valence-corrected chi connectivity index (χ4v) is 5.74. The number of thioether (sulfide) groups is 1. The normalized spacial score (nSPS) is 11.5. The third-order valence-electron chi connectivity index (χ3n) is 3.16. The molecule has 0 aliphatic heterocycles. The van der Waals surface area contributed by atoms with E-state index in [1.54, 1.807) is 4.72 Å². The molecule has 2 aromatic rings. The zero-order valence-electron chi connectivity index (χ0n) is 15.5. The number of carboxylic acid groups (broad SMARTS) is 1. The average molecular weight is 528 g/mol. The van der Waals surface area contributed by atoms with Crippen LogP contribution >= 0.6 is 23.1 Å². The number of sulfonamides is 2. The lowest BCUT2D eigenvalue weighted by atomic mass is 10.2. The third kappa shape index (κ3) is 7.28. The minimum absolute atomic E-state index is 0.0578. The van der Waals surface area contributed by atoms with Crippen LogP contribution in [0.5, 0.6) is 0 Å². The number of nitrogens with one attached hydrogen (secondary N) is 2. The Labute approximate surface area is 188 Å². The van der Waals surface area contributed by atoms with Gasteiger partial charge in [-0.15, -0.1) is 32.1 Å². The second kappa shape index (κ2) is 10.5. The second-order valence-electron chi connectivity index (χ2n) is 5.45. The molecule has 32 heavy (non-hydrogen) atoms. The summed E-state index contributed by atoms with van der Waals surface area (Å²) in [7, 11) is -8.75. The average Bonchev–Trinajstić information content (AvgIpc) is 3.16.